The number of hydrogen-bond donors (Lipinski definition) is 3. The van der Waals surface area contributed by atoms with Crippen LogP contribution in [0, 0.1) is 10.1 Å². The number of urea groups is 1. The van der Waals surface area contributed by atoms with Gasteiger partial charge in [-0.15, -0.1) is 0 Å². The van der Waals surface area contributed by atoms with Crippen LogP contribution < -0.4 is 16.4 Å². The van der Waals surface area contributed by atoms with Gasteiger partial charge in [0.15, 0.2) is 0 Å². The lowest BCUT2D eigenvalue weighted by Gasteiger charge is -2.33. The number of anilines is 1. The predicted octanol–water partition coefficient (Wildman–Crippen LogP) is 2.38. The molecule has 0 aliphatic heterocycles. The molecule has 0 bridgehead atoms. The topological polar surface area (TPSA) is 110 Å². The number of nitrogens with one attached hydrogen (secondary N) is 2. The number of non-ortho nitro benzene ring substituents is 1. The molecule has 1 aromatic carbocycles. The average Bonchev–Trinajstić information content (AvgIpc) is 2.46. The van der Waals surface area contributed by atoms with Crippen LogP contribution in [-0.4, -0.2) is 23.0 Å². The molecule has 1 aliphatic carbocycles. The molecule has 21 heavy (non-hydrogen) atoms. The van der Waals surface area contributed by atoms with Crippen LogP contribution in [0.3, 0.4) is 0 Å². The third-order valence-corrected chi connectivity index (χ3v) is 3.77. The van der Waals surface area contributed by atoms with Crippen LogP contribution in [0.15, 0.2) is 24.3 Å². The van der Waals surface area contributed by atoms with Gasteiger partial charge in [-0.3, -0.25) is 10.1 Å². The van der Waals surface area contributed by atoms with Crippen molar-refractivity contribution in [3.05, 3.63) is 34.4 Å². The molecule has 0 unspecified atom stereocenters. The van der Waals surface area contributed by atoms with Crippen molar-refractivity contribution in [2.45, 2.75) is 37.6 Å². The smallest absolute Gasteiger partial charge is 0.319 e. The number of benzene rings is 1. The molecule has 0 heterocycles. The largest absolute Gasteiger partial charge is 0.336 e. The normalized spacial score (nSPS) is 17.0. The summed E-state index contributed by atoms with van der Waals surface area (Å²) in [5.41, 5.74) is 6.22. The highest BCUT2D eigenvalue weighted by atomic mass is 16.6. The standard InChI is InChI=1S/C14H20N4O3/c15-14(7-2-1-3-8-14)10-16-13(19)17-11-5-4-6-12(9-11)18(20)21/h4-6,9H,1-3,7-8,10,15H2,(H2,16,17,19). The van der Waals surface area contributed by atoms with Gasteiger partial charge in [0.2, 0.25) is 0 Å². The summed E-state index contributed by atoms with van der Waals surface area (Å²) in [5, 5.41) is 16.0. The first kappa shape index (κ1) is 15.2. The van der Waals surface area contributed by atoms with Crippen molar-refractivity contribution in [3.8, 4) is 0 Å². The Balaban J connectivity index is 1.87. The van der Waals surface area contributed by atoms with Crippen LogP contribution in [0.25, 0.3) is 0 Å². The van der Waals surface area contributed by atoms with E-state index in [1.807, 2.05) is 0 Å². The first-order chi connectivity index (χ1) is 9.98. The van der Waals surface area contributed by atoms with Gasteiger partial charge in [-0.05, 0) is 18.9 Å². The second-order valence-electron chi connectivity index (χ2n) is 5.54. The minimum Gasteiger partial charge on any atom is -0.336 e. The fourth-order valence-corrected chi connectivity index (χ4v) is 2.56. The van der Waals surface area contributed by atoms with Crippen molar-refractivity contribution in [3.63, 3.8) is 0 Å². The van der Waals surface area contributed by atoms with Crippen LogP contribution >= 0.6 is 0 Å². The molecule has 0 atom stereocenters. The van der Waals surface area contributed by atoms with Crippen LogP contribution in [0.2, 0.25) is 0 Å². The van der Waals surface area contributed by atoms with E-state index in [9.17, 15) is 14.9 Å². The molecule has 0 spiro atoms. The number of hydrogen-bond acceptors (Lipinski definition) is 4. The first-order valence-electron chi connectivity index (χ1n) is 7.07. The van der Waals surface area contributed by atoms with E-state index in [2.05, 4.69) is 10.6 Å². The van der Waals surface area contributed by atoms with Crippen LogP contribution in [0.4, 0.5) is 16.2 Å². The van der Waals surface area contributed by atoms with Crippen molar-refractivity contribution < 1.29 is 9.72 Å². The van der Waals surface area contributed by atoms with Gasteiger partial charge < -0.3 is 16.4 Å². The zero-order valence-electron chi connectivity index (χ0n) is 11.8. The SMILES string of the molecule is NC1(CNC(=O)Nc2cccc([N+](=O)[O-])c2)CCCCC1. The Kier molecular flexibility index (Phi) is 4.74. The van der Waals surface area contributed by atoms with E-state index in [1.54, 1.807) is 6.07 Å². The molecule has 7 heteroatoms. The summed E-state index contributed by atoms with van der Waals surface area (Å²) in [6.45, 7) is 0.410. The summed E-state index contributed by atoms with van der Waals surface area (Å²) in [4.78, 5) is 22.0. The quantitative estimate of drug-likeness (QED) is 0.584. The third kappa shape index (κ3) is 4.42. The van der Waals surface area contributed by atoms with E-state index < -0.39 is 11.0 Å². The van der Waals surface area contributed by atoms with Crippen molar-refractivity contribution in [2.24, 2.45) is 5.73 Å². The van der Waals surface area contributed by atoms with Crippen LogP contribution in [-0.2, 0) is 0 Å². The fourth-order valence-electron chi connectivity index (χ4n) is 2.56. The highest BCUT2D eigenvalue weighted by Gasteiger charge is 2.27. The Morgan fingerprint density at radius 2 is 2.05 bits per heavy atom. The van der Waals surface area contributed by atoms with E-state index in [0.29, 0.717) is 12.2 Å². The number of nitro benzene ring substituents is 1. The van der Waals surface area contributed by atoms with Crippen molar-refractivity contribution in [1.29, 1.82) is 0 Å². The molecule has 0 aromatic heterocycles. The highest BCUT2D eigenvalue weighted by molar-refractivity contribution is 5.89. The summed E-state index contributed by atoms with van der Waals surface area (Å²) in [6, 6.07) is 5.43. The maximum Gasteiger partial charge on any atom is 0.319 e. The summed E-state index contributed by atoms with van der Waals surface area (Å²) in [7, 11) is 0. The Morgan fingerprint density at radius 1 is 1.33 bits per heavy atom. The second kappa shape index (κ2) is 6.53. The fraction of sp³-hybridized carbons (Fsp3) is 0.500. The summed E-state index contributed by atoms with van der Waals surface area (Å²) >= 11 is 0. The minimum absolute atomic E-state index is 0.0598. The van der Waals surface area contributed by atoms with Gasteiger partial charge in [-0.2, -0.15) is 0 Å². The molecule has 1 fully saturated rings. The van der Waals surface area contributed by atoms with Gasteiger partial charge in [0, 0.05) is 29.9 Å². The molecule has 114 valence electrons. The Labute approximate surface area is 123 Å². The zero-order valence-corrected chi connectivity index (χ0v) is 11.8. The number of nitrogens with zero attached hydrogens (tertiary/aromatic N) is 1. The van der Waals surface area contributed by atoms with Gasteiger partial charge in [0.1, 0.15) is 0 Å². The highest BCUT2D eigenvalue weighted by Crippen LogP contribution is 2.25. The summed E-state index contributed by atoms with van der Waals surface area (Å²) < 4.78 is 0. The maximum absolute atomic E-state index is 11.8. The zero-order chi connectivity index (χ0) is 15.3. The molecule has 1 aromatic rings. The second-order valence-corrected chi connectivity index (χ2v) is 5.54. The van der Waals surface area contributed by atoms with Gasteiger partial charge in [0.05, 0.1) is 4.92 Å². The third-order valence-electron chi connectivity index (χ3n) is 3.77. The van der Waals surface area contributed by atoms with Crippen molar-refractivity contribution in [1.82, 2.24) is 5.32 Å². The van der Waals surface area contributed by atoms with E-state index >= 15 is 0 Å². The number of carbonyl (C=O) groups is 1. The first-order valence-corrected chi connectivity index (χ1v) is 7.07. The number of nitrogens with two attached hydrogens (primary N) is 1. The summed E-state index contributed by atoms with van der Waals surface area (Å²) in [5.74, 6) is 0. The van der Waals surface area contributed by atoms with Gasteiger partial charge in [-0.25, -0.2) is 4.79 Å². The number of rotatable bonds is 4. The predicted molar refractivity (Wildman–Crippen MR) is 80.1 cm³/mol. The van der Waals surface area contributed by atoms with Gasteiger partial charge in [0.25, 0.3) is 5.69 Å². The molecule has 1 aliphatic rings. The monoisotopic (exact) mass is 292 g/mol. The average molecular weight is 292 g/mol. The van der Waals surface area contributed by atoms with E-state index in [-0.39, 0.29) is 11.2 Å². The van der Waals surface area contributed by atoms with Crippen LogP contribution in [0.1, 0.15) is 32.1 Å². The molecule has 4 N–H and O–H groups in total. The Morgan fingerprint density at radius 3 is 2.71 bits per heavy atom. The molecule has 2 rings (SSSR count). The van der Waals surface area contributed by atoms with Crippen molar-refractivity contribution >= 4 is 17.4 Å². The molecule has 0 saturated heterocycles. The van der Waals surface area contributed by atoms with E-state index in [0.717, 1.165) is 25.7 Å². The van der Waals surface area contributed by atoms with Gasteiger partial charge >= 0.3 is 6.03 Å². The van der Waals surface area contributed by atoms with Crippen LogP contribution in [0.5, 0.6) is 0 Å². The van der Waals surface area contributed by atoms with E-state index in [4.69, 9.17) is 5.73 Å². The molecule has 7 nitrogen and oxygen atoms in total. The number of amides is 2. The minimum atomic E-state index is -0.500. The summed E-state index contributed by atoms with van der Waals surface area (Å²) in [6.07, 6.45) is 5.18. The molecule has 1 saturated carbocycles. The lowest BCUT2D eigenvalue weighted by Crippen LogP contribution is -2.52. The molecular weight excluding hydrogens is 272 g/mol. The Bertz CT molecular complexity index is 527. The van der Waals surface area contributed by atoms with Gasteiger partial charge in [-0.1, -0.05) is 25.3 Å². The molecule has 2 amide bonds. The Hall–Kier alpha value is -2.15. The lowest BCUT2D eigenvalue weighted by atomic mass is 9.82. The molecular formula is C14H20N4O3. The number of nitro groups is 1. The molecule has 0 radical (unpaired) electrons. The van der Waals surface area contributed by atoms with E-state index in [1.165, 1.54) is 24.6 Å². The van der Waals surface area contributed by atoms with Crippen molar-refractivity contribution in [2.75, 3.05) is 11.9 Å². The number of carbonyl (C=O) groups excluding carboxylic acids is 1. The maximum atomic E-state index is 11.8. The lowest BCUT2D eigenvalue weighted by molar-refractivity contribution is -0.384.